The summed E-state index contributed by atoms with van der Waals surface area (Å²) in [5, 5.41) is 5.96. The van der Waals surface area contributed by atoms with E-state index in [-0.39, 0.29) is 0 Å². The van der Waals surface area contributed by atoms with Crippen molar-refractivity contribution in [1.29, 1.82) is 0 Å². The third-order valence-electron chi connectivity index (χ3n) is 2.42. The van der Waals surface area contributed by atoms with Crippen LogP contribution in [0.2, 0.25) is 0 Å². The average molecular weight is 212 g/mol. The van der Waals surface area contributed by atoms with E-state index in [4.69, 9.17) is 4.74 Å². The molecule has 0 spiro atoms. The summed E-state index contributed by atoms with van der Waals surface area (Å²) in [6, 6.07) is 0. The summed E-state index contributed by atoms with van der Waals surface area (Å²) in [4.78, 5) is 22.3. The Kier molecular flexibility index (Phi) is 3.60. The molecule has 0 aliphatic carbocycles. The minimum absolute atomic E-state index is 0.320. The highest BCUT2D eigenvalue weighted by Gasteiger charge is 2.40. The van der Waals surface area contributed by atoms with Crippen molar-refractivity contribution in [2.24, 2.45) is 0 Å². The fourth-order valence-corrected chi connectivity index (χ4v) is 1.42. The molecule has 1 saturated heterocycles. The molecule has 1 rings (SSSR count). The Morgan fingerprint density at radius 1 is 1.53 bits per heavy atom. The number of aldehydes is 1. The lowest BCUT2D eigenvalue weighted by atomic mass is 10.1. The lowest BCUT2D eigenvalue weighted by Gasteiger charge is -2.29. The predicted octanol–water partition coefficient (Wildman–Crippen LogP) is -0.418. The van der Waals surface area contributed by atoms with Gasteiger partial charge in [0.15, 0.2) is 11.9 Å². The molecular weight excluding hydrogens is 196 g/mol. The highest BCUT2D eigenvalue weighted by molar-refractivity contribution is 5.87. The van der Waals surface area contributed by atoms with Crippen molar-refractivity contribution in [3.05, 3.63) is 12.2 Å². The number of esters is 1. The maximum absolute atomic E-state index is 11.3. The SMILES string of the molecule is C=C(C)C(=O)OC(C)C1(C=O)NCCN1. The zero-order valence-corrected chi connectivity index (χ0v) is 9.00. The zero-order valence-electron chi connectivity index (χ0n) is 9.00. The summed E-state index contributed by atoms with van der Waals surface area (Å²) < 4.78 is 5.10. The van der Waals surface area contributed by atoms with Crippen molar-refractivity contribution in [2.75, 3.05) is 13.1 Å². The molecule has 0 amide bonds. The summed E-state index contributed by atoms with van der Waals surface area (Å²) in [5.41, 5.74) is -0.633. The zero-order chi connectivity index (χ0) is 11.5. The molecule has 1 fully saturated rings. The van der Waals surface area contributed by atoms with Gasteiger partial charge in [0, 0.05) is 18.7 Å². The van der Waals surface area contributed by atoms with E-state index in [9.17, 15) is 9.59 Å². The maximum atomic E-state index is 11.3. The van der Waals surface area contributed by atoms with E-state index in [2.05, 4.69) is 17.2 Å². The van der Waals surface area contributed by atoms with E-state index in [1.165, 1.54) is 0 Å². The third-order valence-corrected chi connectivity index (χ3v) is 2.42. The standard InChI is InChI=1S/C10H16N2O3/c1-7(2)9(14)15-8(3)10(6-13)11-4-5-12-10/h6,8,11-12H,1,4-5H2,2-3H3. The van der Waals surface area contributed by atoms with Gasteiger partial charge in [0.05, 0.1) is 0 Å². The van der Waals surface area contributed by atoms with E-state index in [1.807, 2.05) is 0 Å². The Morgan fingerprint density at radius 3 is 2.47 bits per heavy atom. The predicted molar refractivity (Wildman–Crippen MR) is 55.2 cm³/mol. The summed E-state index contributed by atoms with van der Waals surface area (Å²) in [7, 11) is 0. The van der Waals surface area contributed by atoms with Crippen LogP contribution in [0.1, 0.15) is 13.8 Å². The van der Waals surface area contributed by atoms with Crippen LogP contribution in [0.15, 0.2) is 12.2 Å². The molecule has 2 N–H and O–H groups in total. The van der Waals surface area contributed by atoms with Gasteiger partial charge in [-0.05, 0) is 13.8 Å². The number of hydrogen-bond donors (Lipinski definition) is 2. The number of ether oxygens (including phenoxy) is 1. The van der Waals surface area contributed by atoms with E-state index in [0.29, 0.717) is 18.7 Å². The second kappa shape index (κ2) is 4.55. The molecule has 1 aliphatic heterocycles. The molecule has 1 aliphatic rings. The molecule has 84 valence electrons. The number of nitrogens with one attached hydrogen (secondary N) is 2. The van der Waals surface area contributed by atoms with Crippen molar-refractivity contribution in [1.82, 2.24) is 10.6 Å². The molecule has 1 heterocycles. The minimum Gasteiger partial charge on any atom is -0.455 e. The lowest BCUT2D eigenvalue weighted by Crippen LogP contribution is -2.60. The second-order valence-electron chi connectivity index (χ2n) is 3.67. The van der Waals surface area contributed by atoms with Crippen LogP contribution in [0.3, 0.4) is 0 Å². The van der Waals surface area contributed by atoms with Gasteiger partial charge in [-0.15, -0.1) is 0 Å². The van der Waals surface area contributed by atoms with E-state index in [0.717, 1.165) is 6.29 Å². The van der Waals surface area contributed by atoms with Crippen LogP contribution in [-0.4, -0.2) is 37.1 Å². The molecule has 0 radical (unpaired) electrons. The summed E-state index contributed by atoms with van der Waals surface area (Å²) in [6.45, 7) is 8.06. The third kappa shape index (κ3) is 2.43. The first kappa shape index (κ1) is 11.9. The molecule has 1 unspecified atom stereocenters. The molecule has 5 heteroatoms. The summed E-state index contributed by atoms with van der Waals surface area (Å²) >= 11 is 0. The Labute approximate surface area is 88.9 Å². The maximum Gasteiger partial charge on any atom is 0.333 e. The summed E-state index contributed by atoms with van der Waals surface area (Å²) in [6.07, 6.45) is 0.165. The van der Waals surface area contributed by atoms with E-state index >= 15 is 0 Å². The van der Waals surface area contributed by atoms with Crippen molar-refractivity contribution >= 4 is 12.3 Å². The number of rotatable bonds is 4. The van der Waals surface area contributed by atoms with Crippen molar-refractivity contribution in [3.63, 3.8) is 0 Å². The van der Waals surface area contributed by atoms with Gasteiger partial charge in [-0.3, -0.25) is 15.4 Å². The van der Waals surface area contributed by atoms with Crippen LogP contribution in [0.25, 0.3) is 0 Å². The molecule has 5 nitrogen and oxygen atoms in total. The molecule has 1 atom stereocenters. The number of carbonyl (C=O) groups is 2. The Morgan fingerprint density at radius 2 is 2.07 bits per heavy atom. The summed E-state index contributed by atoms with van der Waals surface area (Å²) in [5.74, 6) is -0.487. The Hall–Kier alpha value is -1.20. The van der Waals surface area contributed by atoms with Crippen molar-refractivity contribution in [3.8, 4) is 0 Å². The first-order chi connectivity index (χ1) is 7.02. The van der Waals surface area contributed by atoms with Crippen LogP contribution >= 0.6 is 0 Å². The Balaban J connectivity index is 2.65. The van der Waals surface area contributed by atoms with Crippen LogP contribution in [0.5, 0.6) is 0 Å². The van der Waals surface area contributed by atoms with Gasteiger partial charge in [0.25, 0.3) is 0 Å². The van der Waals surface area contributed by atoms with Gasteiger partial charge in [-0.2, -0.15) is 0 Å². The first-order valence-corrected chi connectivity index (χ1v) is 4.85. The molecule has 0 aromatic carbocycles. The quantitative estimate of drug-likeness (QED) is 0.376. The normalized spacial score (nSPS) is 20.7. The number of carbonyl (C=O) groups excluding carboxylic acids is 2. The van der Waals surface area contributed by atoms with Gasteiger partial charge < -0.3 is 4.74 Å². The minimum atomic E-state index is -0.953. The van der Waals surface area contributed by atoms with Crippen LogP contribution in [-0.2, 0) is 14.3 Å². The molecule has 0 aromatic rings. The molecule has 0 aromatic heterocycles. The molecular formula is C10H16N2O3. The topological polar surface area (TPSA) is 67.4 Å². The molecule has 15 heavy (non-hydrogen) atoms. The fraction of sp³-hybridized carbons (Fsp3) is 0.600. The Bertz CT molecular complexity index is 282. The number of hydrogen-bond acceptors (Lipinski definition) is 5. The van der Waals surface area contributed by atoms with E-state index in [1.54, 1.807) is 13.8 Å². The van der Waals surface area contributed by atoms with Crippen molar-refractivity contribution < 1.29 is 14.3 Å². The van der Waals surface area contributed by atoms with Gasteiger partial charge in [-0.1, -0.05) is 6.58 Å². The lowest BCUT2D eigenvalue weighted by molar-refractivity contribution is -0.149. The average Bonchev–Trinajstić information content (AvgIpc) is 2.66. The highest BCUT2D eigenvalue weighted by atomic mass is 16.5. The molecule has 0 bridgehead atoms. The smallest absolute Gasteiger partial charge is 0.333 e. The van der Waals surface area contributed by atoms with Gasteiger partial charge in [0.1, 0.15) is 6.10 Å². The van der Waals surface area contributed by atoms with Gasteiger partial charge in [0.2, 0.25) is 0 Å². The largest absolute Gasteiger partial charge is 0.455 e. The van der Waals surface area contributed by atoms with Crippen LogP contribution in [0.4, 0.5) is 0 Å². The fourth-order valence-electron chi connectivity index (χ4n) is 1.42. The van der Waals surface area contributed by atoms with Gasteiger partial charge in [-0.25, -0.2) is 4.79 Å². The van der Waals surface area contributed by atoms with Crippen molar-refractivity contribution in [2.45, 2.75) is 25.6 Å². The second-order valence-corrected chi connectivity index (χ2v) is 3.67. The van der Waals surface area contributed by atoms with Gasteiger partial charge >= 0.3 is 5.97 Å². The monoisotopic (exact) mass is 212 g/mol. The molecule has 0 saturated carbocycles. The first-order valence-electron chi connectivity index (χ1n) is 4.85. The van der Waals surface area contributed by atoms with E-state index < -0.39 is 17.7 Å². The van der Waals surface area contributed by atoms with Crippen LogP contribution < -0.4 is 10.6 Å². The van der Waals surface area contributed by atoms with Crippen LogP contribution in [0, 0.1) is 0 Å². The highest BCUT2D eigenvalue weighted by Crippen LogP contribution is 2.12.